The van der Waals surface area contributed by atoms with Crippen molar-refractivity contribution < 1.29 is 23.7 Å². The molecule has 0 bridgehead atoms. The number of carbonyl (C=O) groups is 2. The van der Waals surface area contributed by atoms with E-state index in [-0.39, 0.29) is 11.5 Å². The van der Waals surface area contributed by atoms with Crippen LogP contribution in [0.1, 0.15) is 32.6 Å². The fraction of sp³-hybridized carbons (Fsp3) is 0.733. The average molecular weight is 318 g/mol. The van der Waals surface area contributed by atoms with E-state index in [1.165, 1.54) is 0 Å². The molecule has 1 atom stereocenters. The topological polar surface area (TPSA) is 63.6 Å². The van der Waals surface area contributed by atoms with E-state index in [0.29, 0.717) is 29.4 Å². The minimum atomic E-state index is -1.50. The van der Waals surface area contributed by atoms with Gasteiger partial charge in [0.05, 0.1) is 27.7 Å². The molecule has 0 aromatic carbocycles. The van der Waals surface area contributed by atoms with E-state index in [1.54, 1.807) is 6.92 Å². The normalized spacial score (nSPS) is 12.8. The molecule has 0 heterocycles. The zero-order valence-corrected chi connectivity index (χ0v) is 14.6. The number of carbonyl (C=O) groups excluding carboxylic acids is 2. The summed E-state index contributed by atoms with van der Waals surface area (Å²) in [5, 5.41) is 0. The second kappa shape index (κ2) is 10.0. The SMILES string of the molecule is C=C(C)C(=O)OCCCCCCP(O)C(=O)C[N+](C)(C)C. The zero-order valence-electron chi connectivity index (χ0n) is 13.7. The van der Waals surface area contributed by atoms with Gasteiger partial charge < -0.3 is 14.1 Å². The van der Waals surface area contributed by atoms with Gasteiger partial charge in [0.2, 0.25) is 5.52 Å². The lowest BCUT2D eigenvalue weighted by molar-refractivity contribution is -0.861. The van der Waals surface area contributed by atoms with Gasteiger partial charge in [-0.25, -0.2) is 4.79 Å². The summed E-state index contributed by atoms with van der Waals surface area (Å²) in [4.78, 5) is 32.7. The Labute approximate surface area is 129 Å². The Morgan fingerprint density at radius 3 is 2.24 bits per heavy atom. The van der Waals surface area contributed by atoms with Crippen LogP contribution >= 0.6 is 8.15 Å². The van der Waals surface area contributed by atoms with E-state index in [9.17, 15) is 14.5 Å². The van der Waals surface area contributed by atoms with Gasteiger partial charge in [0, 0.05) is 5.57 Å². The predicted octanol–water partition coefficient (Wildman–Crippen LogP) is 2.29. The van der Waals surface area contributed by atoms with Crippen LogP contribution in [0.15, 0.2) is 12.2 Å². The second-order valence-electron chi connectivity index (χ2n) is 6.30. The number of esters is 1. The second-order valence-corrected chi connectivity index (χ2v) is 8.04. The molecule has 21 heavy (non-hydrogen) atoms. The Kier molecular flexibility index (Phi) is 9.67. The number of unbranched alkanes of at least 4 members (excludes halogenated alkanes) is 3. The van der Waals surface area contributed by atoms with E-state index in [4.69, 9.17) is 4.74 Å². The molecule has 0 aromatic heterocycles. The number of nitrogens with zero attached hydrogens (tertiary/aromatic N) is 1. The molecule has 0 amide bonds. The van der Waals surface area contributed by atoms with Crippen molar-refractivity contribution in [1.82, 2.24) is 0 Å². The van der Waals surface area contributed by atoms with Crippen LogP contribution in [-0.4, -0.2) is 61.3 Å². The molecular formula is C15H29NO4P+. The number of likely N-dealkylation sites (N-methyl/N-ethyl adjacent to an activating group) is 1. The number of hydrogen-bond acceptors (Lipinski definition) is 4. The van der Waals surface area contributed by atoms with Gasteiger partial charge in [-0.05, 0) is 25.9 Å². The van der Waals surface area contributed by atoms with Gasteiger partial charge in [-0.1, -0.05) is 19.4 Å². The molecule has 0 aliphatic rings. The summed E-state index contributed by atoms with van der Waals surface area (Å²) in [5.41, 5.74) is 0.379. The molecule has 0 fully saturated rings. The Balaban J connectivity index is 3.61. The van der Waals surface area contributed by atoms with Crippen molar-refractivity contribution in [3.8, 4) is 0 Å². The van der Waals surface area contributed by atoms with Crippen molar-refractivity contribution in [2.75, 3.05) is 40.5 Å². The highest BCUT2D eigenvalue weighted by atomic mass is 31.1. The van der Waals surface area contributed by atoms with E-state index >= 15 is 0 Å². The van der Waals surface area contributed by atoms with Gasteiger partial charge in [-0.2, -0.15) is 0 Å². The maximum Gasteiger partial charge on any atom is 0.333 e. The summed E-state index contributed by atoms with van der Waals surface area (Å²) in [5.74, 6) is -0.347. The molecule has 0 aliphatic carbocycles. The minimum Gasteiger partial charge on any atom is -0.462 e. The third-order valence-electron chi connectivity index (χ3n) is 2.74. The molecule has 0 saturated carbocycles. The van der Waals surface area contributed by atoms with E-state index in [1.807, 2.05) is 21.1 Å². The Morgan fingerprint density at radius 2 is 1.71 bits per heavy atom. The van der Waals surface area contributed by atoms with Gasteiger partial charge >= 0.3 is 5.97 Å². The lowest BCUT2D eigenvalue weighted by Crippen LogP contribution is -2.39. The molecule has 0 spiro atoms. The number of ether oxygens (including phenoxy) is 1. The largest absolute Gasteiger partial charge is 0.462 e. The van der Waals surface area contributed by atoms with E-state index in [2.05, 4.69) is 6.58 Å². The molecule has 5 nitrogen and oxygen atoms in total. The maximum atomic E-state index is 11.8. The van der Waals surface area contributed by atoms with Crippen LogP contribution < -0.4 is 0 Å². The number of quaternary nitrogens is 1. The molecule has 0 aromatic rings. The molecule has 0 rings (SSSR count). The maximum absolute atomic E-state index is 11.8. The average Bonchev–Trinajstić information content (AvgIpc) is 2.34. The first kappa shape index (κ1) is 20.2. The smallest absolute Gasteiger partial charge is 0.333 e. The third-order valence-corrected chi connectivity index (χ3v) is 4.20. The monoisotopic (exact) mass is 318 g/mol. The molecule has 1 N–H and O–H groups in total. The number of hydrogen-bond donors (Lipinski definition) is 1. The Hall–Kier alpha value is -0.770. The zero-order chi connectivity index (χ0) is 16.5. The van der Waals surface area contributed by atoms with Crippen LogP contribution in [0.5, 0.6) is 0 Å². The molecule has 0 saturated heterocycles. The van der Waals surface area contributed by atoms with Gasteiger partial charge in [0.25, 0.3) is 0 Å². The van der Waals surface area contributed by atoms with Crippen molar-refractivity contribution in [3.63, 3.8) is 0 Å². The predicted molar refractivity (Wildman–Crippen MR) is 86.2 cm³/mol. The van der Waals surface area contributed by atoms with Crippen LogP contribution in [-0.2, 0) is 14.3 Å². The van der Waals surface area contributed by atoms with E-state index < -0.39 is 8.15 Å². The van der Waals surface area contributed by atoms with Crippen LogP contribution in [0.3, 0.4) is 0 Å². The highest BCUT2D eigenvalue weighted by Gasteiger charge is 2.21. The highest BCUT2D eigenvalue weighted by Crippen LogP contribution is 2.33. The lowest BCUT2D eigenvalue weighted by Gasteiger charge is -2.23. The Bertz CT molecular complexity index is 363. The van der Waals surface area contributed by atoms with Crippen LogP contribution in [0.25, 0.3) is 0 Å². The minimum absolute atomic E-state index is 0.0344. The van der Waals surface area contributed by atoms with Crippen molar-refractivity contribution in [3.05, 3.63) is 12.2 Å². The Morgan fingerprint density at radius 1 is 1.14 bits per heavy atom. The van der Waals surface area contributed by atoms with Crippen molar-refractivity contribution in [2.24, 2.45) is 0 Å². The molecule has 6 heteroatoms. The fourth-order valence-electron chi connectivity index (χ4n) is 1.62. The molecule has 122 valence electrons. The summed E-state index contributed by atoms with van der Waals surface area (Å²) < 4.78 is 5.53. The molecule has 0 aliphatic heterocycles. The summed E-state index contributed by atoms with van der Waals surface area (Å²) in [6.45, 7) is 5.91. The first-order valence-corrected chi connectivity index (χ1v) is 8.74. The number of rotatable bonds is 11. The first-order chi connectivity index (χ1) is 9.63. The van der Waals surface area contributed by atoms with E-state index in [0.717, 1.165) is 25.7 Å². The quantitative estimate of drug-likeness (QED) is 0.209. The lowest BCUT2D eigenvalue weighted by atomic mass is 10.2. The summed E-state index contributed by atoms with van der Waals surface area (Å²) in [6, 6.07) is 0. The van der Waals surface area contributed by atoms with Crippen LogP contribution in [0.2, 0.25) is 0 Å². The highest BCUT2D eigenvalue weighted by molar-refractivity contribution is 7.69. The van der Waals surface area contributed by atoms with Crippen molar-refractivity contribution in [2.45, 2.75) is 32.6 Å². The van der Waals surface area contributed by atoms with Gasteiger partial charge in [0.15, 0.2) is 0 Å². The van der Waals surface area contributed by atoms with Crippen molar-refractivity contribution in [1.29, 1.82) is 0 Å². The summed E-state index contributed by atoms with van der Waals surface area (Å²) in [6.07, 6.45) is 4.06. The molecule has 0 radical (unpaired) electrons. The van der Waals surface area contributed by atoms with Crippen LogP contribution in [0.4, 0.5) is 0 Å². The first-order valence-electron chi connectivity index (χ1n) is 7.26. The third kappa shape index (κ3) is 11.6. The van der Waals surface area contributed by atoms with Gasteiger partial charge in [0.1, 0.15) is 14.7 Å². The molecular weight excluding hydrogens is 289 g/mol. The summed E-state index contributed by atoms with van der Waals surface area (Å²) in [7, 11) is 4.31. The van der Waals surface area contributed by atoms with Crippen molar-refractivity contribution >= 4 is 19.6 Å². The van der Waals surface area contributed by atoms with Crippen LogP contribution in [0, 0.1) is 0 Å². The molecule has 1 unspecified atom stereocenters. The van der Waals surface area contributed by atoms with Gasteiger partial charge in [-0.15, -0.1) is 0 Å². The summed E-state index contributed by atoms with van der Waals surface area (Å²) >= 11 is 0. The van der Waals surface area contributed by atoms with Gasteiger partial charge in [-0.3, -0.25) is 4.79 Å². The standard InChI is InChI=1S/C15H29NO4P/c1-13(2)15(18)20-10-8-6-7-9-11-21(19)14(17)12-16(3,4)5/h19H,1,6-12H2,2-5H3/q+1. The fourth-order valence-corrected chi connectivity index (χ4v) is 2.98.